The van der Waals surface area contributed by atoms with Gasteiger partial charge < -0.3 is 14.6 Å². The van der Waals surface area contributed by atoms with E-state index in [-0.39, 0.29) is 29.7 Å². The molecule has 1 N–H and O–H groups in total. The third-order valence-electron chi connectivity index (χ3n) is 7.00. The molecule has 37 heavy (non-hydrogen) atoms. The fourth-order valence-electron chi connectivity index (χ4n) is 5.03. The number of aliphatic hydroxyl groups excluding tert-OH is 1. The molecule has 1 aliphatic heterocycles. The number of nitrogens with zero attached hydrogens (tertiary/aromatic N) is 6. The zero-order valence-electron chi connectivity index (χ0n) is 20.3. The van der Waals surface area contributed by atoms with Gasteiger partial charge in [-0.05, 0) is 44.4 Å². The fourth-order valence-corrected chi connectivity index (χ4v) is 5.03. The van der Waals surface area contributed by atoms with Crippen molar-refractivity contribution in [2.24, 2.45) is 5.92 Å². The number of pyridine rings is 1. The topological polar surface area (TPSA) is 87.4 Å². The molecule has 4 heterocycles. The van der Waals surface area contributed by atoms with E-state index in [4.69, 9.17) is 0 Å². The third kappa shape index (κ3) is 5.59. The van der Waals surface area contributed by atoms with Crippen LogP contribution in [0.1, 0.15) is 37.4 Å². The Morgan fingerprint density at radius 3 is 2.59 bits per heavy atom. The molecule has 5 rings (SSSR count). The molecule has 2 unspecified atom stereocenters. The molecule has 198 valence electrons. The van der Waals surface area contributed by atoms with Crippen LogP contribution in [0, 0.1) is 11.7 Å². The number of aliphatic hydroxyl groups is 1. The monoisotopic (exact) mass is 520 g/mol. The zero-order valence-corrected chi connectivity index (χ0v) is 20.3. The maximum Gasteiger partial charge on any atom is 0.433 e. The lowest BCUT2D eigenvalue weighted by atomic mass is 9.93. The number of halogens is 4. The molecule has 1 aliphatic carbocycles. The number of fused-ring (bicyclic) bond motifs is 1. The molecule has 3 aromatic rings. The minimum Gasteiger partial charge on any atom is -0.391 e. The average molecular weight is 521 g/mol. The SMILES string of the molecule is CC(=O)CN1CCC(Cn2cc(F)c3c(N(Cc4ccc(C(F)(F)F)nc4)C4CC4)ncnc32)C(O)C1. The van der Waals surface area contributed by atoms with Crippen molar-refractivity contribution in [1.82, 2.24) is 24.4 Å². The van der Waals surface area contributed by atoms with Crippen LogP contribution in [-0.2, 0) is 24.1 Å². The van der Waals surface area contributed by atoms with Crippen molar-refractivity contribution in [3.8, 4) is 0 Å². The van der Waals surface area contributed by atoms with E-state index in [2.05, 4.69) is 15.0 Å². The lowest BCUT2D eigenvalue weighted by Gasteiger charge is -2.35. The molecular formula is C25H28F4N6O2. The number of rotatable bonds is 8. The first-order valence-corrected chi connectivity index (χ1v) is 12.3. The number of hydrogen-bond acceptors (Lipinski definition) is 7. The van der Waals surface area contributed by atoms with Crippen LogP contribution >= 0.6 is 0 Å². The van der Waals surface area contributed by atoms with Crippen LogP contribution in [0.5, 0.6) is 0 Å². The Morgan fingerprint density at radius 1 is 1.19 bits per heavy atom. The van der Waals surface area contributed by atoms with Gasteiger partial charge in [-0.3, -0.25) is 14.7 Å². The van der Waals surface area contributed by atoms with E-state index in [0.29, 0.717) is 49.6 Å². The normalized spacial score (nSPS) is 20.9. The lowest BCUT2D eigenvalue weighted by molar-refractivity contribution is -0.141. The van der Waals surface area contributed by atoms with Crippen LogP contribution in [0.3, 0.4) is 0 Å². The fraction of sp³-hybridized carbons (Fsp3) is 0.520. The molecular weight excluding hydrogens is 492 g/mol. The summed E-state index contributed by atoms with van der Waals surface area (Å²) in [4.78, 5) is 27.5. The van der Waals surface area contributed by atoms with Gasteiger partial charge >= 0.3 is 6.18 Å². The van der Waals surface area contributed by atoms with Crippen LogP contribution < -0.4 is 4.90 Å². The number of likely N-dealkylation sites (tertiary alicyclic amines) is 1. The van der Waals surface area contributed by atoms with E-state index in [9.17, 15) is 23.1 Å². The first kappa shape index (κ1) is 25.5. The number of β-amino-alcohol motifs (C(OH)–C–C–N with tert-alkyl or cyclic N) is 1. The zero-order chi connectivity index (χ0) is 26.3. The first-order valence-electron chi connectivity index (χ1n) is 12.3. The van der Waals surface area contributed by atoms with Gasteiger partial charge in [0.25, 0.3) is 0 Å². The molecule has 2 fully saturated rings. The highest BCUT2D eigenvalue weighted by molar-refractivity contribution is 5.89. The van der Waals surface area contributed by atoms with Crippen molar-refractivity contribution in [3.05, 3.63) is 47.9 Å². The summed E-state index contributed by atoms with van der Waals surface area (Å²) in [5, 5.41) is 10.9. The molecule has 0 aromatic carbocycles. The number of ketones is 1. The largest absolute Gasteiger partial charge is 0.433 e. The number of alkyl halides is 3. The van der Waals surface area contributed by atoms with Gasteiger partial charge in [0.1, 0.15) is 29.3 Å². The van der Waals surface area contributed by atoms with E-state index in [1.807, 2.05) is 9.80 Å². The Kier molecular flexibility index (Phi) is 6.88. The summed E-state index contributed by atoms with van der Waals surface area (Å²) in [6.07, 6.45) is 1.13. The van der Waals surface area contributed by atoms with Crippen LogP contribution in [0.2, 0.25) is 0 Å². The molecule has 12 heteroatoms. The number of Topliss-reactive ketones (excluding diaryl/α,β-unsaturated/α-hetero) is 1. The van der Waals surface area contributed by atoms with E-state index in [0.717, 1.165) is 18.9 Å². The van der Waals surface area contributed by atoms with Gasteiger partial charge in [-0.2, -0.15) is 13.2 Å². The second-order valence-electron chi connectivity index (χ2n) is 9.99. The molecule has 0 spiro atoms. The summed E-state index contributed by atoms with van der Waals surface area (Å²) in [7, 11) is 0. The Hall–Kier alpha value is -3.12. The summed E-state index contributed by atoms with van der Waals surface area (Å²) in [5.74, 6) is -0.194. The Labute approximate surface area is 210 Å². The smallest absolute Gasteiger partial charge is 0.391 e. The van der Waals surface area contributed by atoms with E-state index in [1.165, 1.54) is 31.7 Å². The standard InChI is InChI=1S/C25H28F4N6O2/c1-15(36)9-33-7-6-17(20(37)13-33)11-34-12-19(26)22-23(34)31-14-32-24(22)35(18-3-4-18)10-16-2-5-21(30-8-16)25(27,28)29/h2,5,8,12,14,17-18,20,37H,3-4,6-7,9-11,13H2,1H3. The summed E-state index contributed by atoms with van der Waals surface area (Å²) in [6, 6.07) is 2.42. The molecule has 3 aromatic heterocycles. The van der Waals surface area contributed by atoms with E-state index < -0.39 is 23.8 Å². The predicted octanol–water partition coefficient (Wildman–Crippen LogP) is 3.43. The minimum atomic E-state index is -4.52. The second kappa shape index (κ2) is 9.97. The number of carbonyl (C=O) groups excluding carboxylic acids is 1. The van der Waals surface area contributed by atoms with Crippen LogP contribution in [0.25, 0.3) is 11.0 Å². The molecule has 1 saturated heterocycles. The molecule has 8 nitrogen and oxygen atoms in total. The van der Waals surface area contributed by atoms with Gasteiger partial charge in [0.15, 0.2) is 5.82 Å². The van der Waals surface area contributed by atoms with Gasteiger partial charge in [0.2, 0.25) is 0 Å². The Morgan fingerprint density at radius 2 is 1.97 bits per heavy atom. The number of aromatic nitrogens is 4. The lowest BCUT2D eigenvalue weighted by Crippen LogP contribution is -2.46. The number of hydrogen-bond donors (Lipinski definition) is 1. The van der Waals surface area contributed by atoms with E-state index in [1.54, 1.807) is 4.57 Å². The minimum absolute atomic E-state index is 0.0423. The van der Waals surface area contributed by atoms with Crippen LogP contribution in [0.4, 0.5) is 23.4 Å². The highest BCUT2D eigenvalue weighted by Gasteiger charge is 2.35. The predicted molar refractivity (Wildman–Crippen MR) is 127 cm³/mol. The van der Waals surface area contributed by atoms with Gasteiger partial charge in [0.05, 0.1) is 18.0 Å². The Balaban J connectivity index is 1.38. The summed E-state index contributed by atoms with van der Waals surface area (Å²) in [6.45, 7) is 3.46. The van der Waals surface area contributed by atoms with Crippen molar-refractivity contribution in [2.75, 3.05) is 24.5 Å². The Bertz CT molecular complexity index is 1270. The van der Waals surface area contributed by atoms with Crippen molar-refractivity contribution < 1.29 is 27.5 Å². The third-order valence-corrected chi connectivity index (χ3v) is 7.00. The van der Waals surface area contributed by atoms with Gasteiger partial charge in [-0.1, -0.05) is 6.07 Å². The molecule has 2 atom stereocenters. The molecule has 1 saturated carbocycles. The maximum atomic E-state index is 15.3. The highest BCUT2D eigenvalue weighted by Crippen LogP contribution is 2.37. The molecule has 2 aliphatic rings. The summed E-state index contributed by atoms with van der Waals surface area (Å²) < 4.78 is 55.7. The van der Waals surface area contributed by atoms with Gasteiger partial charge in [-0.25, -0.2) is 14.4 Å². The summed E-state index contributed by atoms with van der Waals surface area (Å²) >= 11 is 0. The number of carbonyl (C=O) groups is 1. The van der Waals surface area contributed by atoms with Crippen molar-refractivity contribution in [3.63, 3.8) is 0 Å². The van der Waals surface area contributed by atoms with Crippen LogP contribution in [-0.4, -0.2) is 67.1 Å². The molecule has 0 radical (unpaired) electrons. The van der Waals surface area contributed by atoms with Crippen molar-refractivity contribution in [1.29, 1.82) is 0 Å². The summed E-state index contributed by atoms with van der Waals surface area (Å²) in [5.41, 5.74) is 0.0000831. The van der Waals surface area contributed by atoms with Gasteiger partial charge in [-0.15, -0.1) is 0 Å². The second-order valence-corrected chi connectivity index (χ2v) is 9.99. The highest BCUT2D eigenvalue weighted by atomic mass is 19.4. The number of piperidine rings is 1. The van der Waals surface area contributed by atoms with E-state index >= 15 is 4.39 Å². The number of anilines is 1. The van der Waals surface area contributed by atoms with Crippen molar-refractivity contribution >= 4 is 22.6 Å². The quantitative estimate of drug-likeness (QED) is 0.456. The average Bonchev–Trinajstić information content (AvgIpc) is 3.63. The van der Waals surface area contributed by atoms with Crippen molar-refractivity contribution in [2.45, 2.75) is 57.6 Å². The van der Waals surface area contributed by atoms with Gasteiger partial charge in [0, 0.05) is 44.0 Å². The maximum absolute atomic E-state index is 15.3. The first-order chi connectivity index (χ1) is 17.6. The van der Waals surface area contributed by atoms with Crippen LogP contribution in [0.15, 0.2) is 30.9 Å². The molecule has 0 amide bonds. The molecule has 0 bridgehead atoms.